The third kappa shape index (κ3) is 4.75. The molecule has 34 heavy (non-hydrogen) atoms. The fourth-order valence-electron chi connectivity index (χ4n) is 3.39. The van der Waals surface area contributed by atoms with Crippen LogP contribution < -0.4 is 10.7 Å². The zero-order valence-corrected chi connectivity index (χ0v) is 18.9. The number of hydrogen-bond acceptors (Lipinski definition) is 7. The topological polar surface area (TPSA) is 101 Å². The Morgan fingerprint density at radius 2 is 1.82 bits per heavy atom. The Balaban J connectivity index is 1.70. The summed E-state index contributed by atoms with van der Waals surface area (Å²) in [5.74, 6) is -2.63. The average Bonchev–Trinajstić information content (AvgIpc) is 2.82. The Bertz CT molecular complexity index is 1330. The largest absolute Gasteiger partial charge is 0.383 e. The molecule has 8 nitrogen and oxygen atoms in total. The first-order valence-electron chi connectivity index (χ1n) is 10.5. The standard InChI is InChI=1S/C24H23F2N7O/c1-15-11-17-12-16(5-8-20(17)31-21(15)27)22(34)33(32(3)23-28-9-4-10-29-23)14-19-7-6-18(13-30-19)24(2,25)26/h4-13H,14H2,1-3H3,(H2,27,31). The molecule has 0 fully saturated rings. The maximum Gasteiger partial charge on any atom is 0.272 e. The molecule has 0 aliphatic heterocycles. The van der Waals surface area contributed by atoms with E-state index in [-0.39, 0.29) is 18.0 Å². The summed E-state index contributed by atoms with van der Waals surface area (Å²) in [7, 11) is 1.65. The first-order valence-corrected chi connectivity index (χ1v) is 10.5. The Hall–Kier alpha value is -4.21. The van der Waals surface area contributed by atoms with E-state index in [0.717, 1.165) is 24.1 Å². The molecule has 0 bridgehead atoms. The zero-order chi connectivity index (χ0) is 24.5. The lowest BCUT2D eigenvalue weighted by atomic mass is 10.1. The lowest BCUT2D eigenvalue weighted by Gasteiger charge is -2.31. The van der Waals surface area contributed by atoms with Gasteiger partial charge >= 0.3 is 0 Å². The van der Waals surface area contributed by atoms with Crippen molar-refractivity contribution in [1.82, 2.24) is 24.9 Å². The van der Waals surface area contributed by atoms with Crippen molar-refractivity contribution in [2.45, 2.75) is 26.3 Å². The smallest absolute Gasteiger partial charge is 0.272 e. The fraction of sp³-hybridized carbons (Fsp3) is 0.208. The summed E-state index contributed by atoms with van der Waals surface area (Å²) in [6, 6.07) is 11.4. The minimum Gasteiger partial charge on any atom is -0.383 e. The molecule has 4 rings (SSSR count). The van der Waals surface area contributed by atoms with E-state index < -0.39 is 5.92 Å². The summed E-state index contributed by atoms with van der Waals surface area (Å²) in [6.07, 6.45) is 4.24. The van der Waals surface area contributed by atoms with Gasteiger partial charge in [0.05, 0.1) is 17.8 Å². The number of halogens is 2. The number of aryl methyl sites for hydroxylation is 1. The molecule has 10 heteroatoms. The van der Waals surface area contributed by atoms with Crippen LogP contribution in [0.1, 0.15) is 34.1 Å². The van der Waals surface area contributed by atoms with Crippen molar-refractivity contribution in [3.05, 3.63) is 83.4 Å². The number of alkyl halides is 2. The van der Waals surface area contributed by atoms with Gasteiger partial charge in [-0.25, -0.2) is 28.7 Å². The molecule has 174 valence electrons. The van der Waals surface area contributed by atoms with Crippen LogP contribution in [-0.4, -0.2) is 37.9 Å². The predicted octanol–water partition coefficient (Wildman–Crippen LogP) is 4.12. The van der Waals surface area contributed by atoms with E-state index in [1.165, 1.54) is 22.2 Å². The number of hydrogen-bond donors (Lipinski definition) is 1. The quantitative estimate of drug-likeness (QED) is 0.429. The van der Waals surface area contributed by atoms with Crippen LogP contribution in [0.25, 0.3) is 10.9 Å². The van der Waals surface area contributed by atoms with Crippen molar-refractivity contribution in [1.29, 1.82) is 0 Å². The van der Waals surface area contributed by atoms with Crippen molar-refractivity contribution in [2.24, 2.45) is 0 Å². The summed E-state index contributed by atoms with van der Waals surface area (Å²) in [5, 5.41) is 3.67. The van der Waals surface area contributed by atoms with Gasteiger partial charge in [-0.1, -0.05) is 0 Å². The van der Waals surface area contributed by atoms with Gasteiger partial charge in [-0.3, -0.25) is 14.8 Å². The minimum absolute atomic E-state index is 0.0141. The van der Waals surface area contributed by atoms with Crippen LogP contribution in [0, 0.1) is 6.92 Å². The van der Waals surface area contributed by atoms with Gasteiger partial charge in [0.25, 0.3) is 11.8 Å². The molecular weight excluding hydrogens is 440 g/mol. The third-order valence-electron chi connectivity index (χ3n) is 5.37. The minimum atomic E-state index is -3.00. The number of fused-ring (bicyclic) bond motifs is 1. The van der Waals surface area contributed by atoms with Gasteiger partial charge in [0.15, 0.2) is 0 Å². The van der Waals surface area contributed by atoms with E-state index in [1.54, 1.807) is 43.7 Å². The molecule has 1 aromatic carbocycles. The first kappa shape index (κ1) is 23.0. The van der Waals surface area contributed by atoms with E-state index in [9.17, 15) is 13.6 Å². The van der Waals surface area contributed by atoms with Crippen LogP contribution in [0.3, 0.4) is 0 Å². The number of nitrogen functional groups attached to an aromatic ring is 1. The van der Waals surface area contributed by atoms with E-state index in [2.05, 4.69) is 19.9 Å². The molecule has 0 saturated carbocycles. The number of hydrazine groups is 1. The maximum absolute atomic E-state index is 13.6. The van der Waals surface area contributed by atoms with Gasteiger partial charge in [-0.05, 0) is 55.0 Å². The highest BCUT2D eigenvalue weighted by atomic mass is 19.3. The van der Waals surface area contributed by atoms with Gasteiger partial charge in [0.1, 0.15) is 5.82 Å². The molecular formula is C24H23F2N7O. The number of aromatic nitrogens is 4. The predicted molar refractivity (Wildman–Crippen MR) is 125 cm³/mol. The molecule has 2 N–H and O–H groups in total. The van der Waals surface area contributed by atoms with E-state index in [4.69, 9.17) is 5.73 Å². The SMILES string of the molecule is Cc1cc2cc(C(=O)N(Cc3ccc(C(C)(F)F)cn3)N(C)c3ncccn3)ccc2nc1N. The van der Waals surface area contributed by atoms with E-state index in [0.29, 0.717) is 28.5 Å². The van der Waals surface area contributed by atoms with Crippen molar-refractivity contribution < 1.29 is 13.6 Å². The van der Waals surface area contributed by atoms with Gasteiger partial charge < -0.3 is 5.73 Å². The molecule has 1 amide bonds. The van der Waals surface area contributed by atoms with Crippen LogP contribution in [0.15, 0.2) is 61.1 Å². The summed E-state index contributed by atoms with van der Waals surface area (Å²) in [5.41, 5.74) is 8.00. The maximum atomic E-state index is 13.6. The summed E-state index contributed by atoms with van der Waals surface area (Å²) < 4.78 is 27.2. The molecule has 0 aliphatic carbocycles. The number of carbonyl (C=O) groups is 1. The average molecular weight is 463 g/mol. The molecule has 0 aliphatic rings. The number of anilines is 2. The fourth-order valence-corrected chi connectivity index (χ4v) is 3.39. The highest BCUT2D eigenvalue weighted by Crippen LogP contribution is 2.26. The number of nitrogens with two attached hydrogens (primary N) is 1. The van der Waals surface area contributed by atoms with Crippen molar-refractivity contribution in [2.75, 3.05) is 17.8 Å². The van der Waals surface area contributed by atoms with Crippen LogP contribution in [0.5, 0.6) is 0 Å². The van der Waals surface area contributed by atoms with Crippen LogP contribution in [0.4, 0.5) is 20.5 Å². The molecule has 3 aromatic heterocycles. The van der Waals surface area contributed by atoms with Crippen LogP contribution in [-0.2, 0) is 12.5 Å². The molecule has 0 saturated heterocycles. The van der Waals surface area contributed by atoms with Crippen molar-refractivity contribution in [3.63, 3.8) is 0 Å². The monoisotopic (exact) mass is 463 g/mol. The highest BCUT2D eigenvalue weighted by molar-refractivity contribution is 5.98. The summed E-state index contributed by atoms with van der Waals surface area (Å²) >= 11 is 0. The van der Waals surface area contributed by atoms with Crippen LogP contribution >= 0.6 is 0 Å². The number of nitrogens with zero attached hydrogens (tertiary/aromatic N) is 6. The Labute approximate surface area is 195 Å². The van der Waals surface area contributed by atoms with Gasteiger partial charge in [0, 0.05) is 49.1 Å². The second kappa shape index (κ2) is 8.97. The first-order chi connectivity index (χ1) is 16.1. The lowest BCUT2D eigenvalue weighted by Crippen LogP contribution is -2.45. The second-order valence-electron chi connectivity index (χ2n) is 7.96. The molecule has 4 aromatic rings. The number of pyridine rings is 2. The van der Waals surface area contributed by atoms with Crippen molar-refractivity contribution in [3.8, 4) is 0 Å². The number of carbonyl (C=O) groups excluding carboxylic acids is 1. The zero-order valence-electron chi connectivity index (χ0n) is 18.9. The molecule has 0 radical (unpaired) electrons. The normalized spacial score (nSPS) is 11.4. The Morgan fingerprint density at radius 1 is 1.09 bits per heavy atom. The molecule has 0 atom stereocenters. The molecule has 3 heterocycles. The van der Waals surface area contributed by atoms with Gasteiger partial charge in [-0.15, -0.1) is 0 Å². The van der Waals surface area contributed by atoms with E-state index >= 15 is 0 Å². The number of amides is 1. The highest BCUT2D eigenvalue weighted by Gasteiger charge is 2.26. The van der Waals surface area contributed by atoms with Crippen molar-refractivity contribution >= 4 is 28.6 Å². The Kier molecular flexibility index (Phi) is 6.06. The summed E-state index contributed by atoms with van der Waals surface area (Å²) in [4.78, 5) is 30.5. The van der Waals surface area contributed by atoms with Gasteiger partial charge in [0.2, 0.25) is 5.95 Å². The van der Waals surface area contributed by atoms with E-state index in [1.807, 2.05) is 13.0 Å². The molecule has 0 unspecified atom stereocenters. The number of rotatable bonds is 6. The number of benzene rings is 1. The molecule has 0 spiro atoms. The third-order valence-corrected chi connectivity index (χ3v) is 5.37. The summed E-state index contributed by atoms with van der Waals surface area (Å²) in [6.45, 7) is 2.67. The lowest BCUT2D eigenvalue weighted by molar-refractivity contribution is 0.0170. The Morgan fingerprint density at radius 3 is 2.47 bits per heavy atom. The second-order valence-corrected chi connectivity index (χ2v) is 7.96. The van der Waals surface area contributed by atoms with Crippen LogP contribution in [0.2, 0.25) is 0 Å². The van der Waals surface area contributed by atoms with Gasteiger partial charge in [-0.2, -0.15) is 0 Å².